The van der Waals surface area contributed by atoms with Crippen molar-refractivity contribution in [1.29, 1.82) is 0 Å². The summed E-state index contributed by atoms with van der Waals surface area (Å²) in [6.07, 6.45) is 0. The van der Waals surface area contributed by atoms with Crippen molar-refractivity contribution in [2.75, 3.05) is 19.0 Å². The van der Waals surface area contributed by atoms with Crippen LogP contribution in [0.15, 0.2) is 30.3 Å². The van der Waals surface area contributed by atoms with E-state index in [1.807, 2.05) is 0 Å². The number of amides is 1. The number of hydrogen-bond donors (Lipinski definition) is 1. The number of anilines is 1. The number of rotatable bonds is 5. The Morgan fingerprint density at radius 1 is 1.04 bits per heavy atom. The fourth-order valence-corrected chi connectivity index (χ4v) is 2.93. The second-order valence-corrected chi connectivity index (χ2v) is 6.04. The summed E-state index contributed by atoms with van der Waals surface area (Å²) in [4.78, 5) is 11.9. The van der Waals surface area contributed by atoms with Gasteiger partial charge in [-0.25, -0.2) is 0 Å². The second-order valence-electron chi connectivity index (χ2n) is 4.38. The summed E-state index contributed by atoms with van der Waals surface area (Å²) in [5, 5.41) is 3.85. The summed E-state index contributed by atoms with van der Waals surface area (Å²) in [6, 6.07) is 7.83. The van der Waals surface area contributed by atoms with Crippen LogP contribution in [0.3, 0.4) is 0 Å². The van der Waals surface area contributed by atoms with Gasteiger partial charge in [0, 0.05) is 10.7 Å². The quantitative estimate of drug-likeness (QED) is 0.745. The second kappa shape index (κ2) is 7.97. The summed E-state index contributed by atoms with van der Waals surface area (Å²) in [5.41, 5.74) is 0.512. The summed E-state index contributed by atoms with van der Waals surface area (Å²) in [7, 11) is 1.51. The number of halogens is 4. The van der Waals surface area contributed by atoms with Gasteiger partial charge in [-0.3, -0.25) is 4.79 Å². The van der Waals surface area contributed by atoms with Crippen LogP contribution < -0.4 is 14.8 Å². The van der Waals surface area contributed by atoms with Gasteiger partial charge < -0.3 is 14.8 Å². The van der Waals surface area contributed by atoms with E-state index in [1.165, 1.54) is 19.2 Å². The molecule has 0 radical (unpaired) electrons. The minimum Gasteiger partial charge on any atom is -0.495 e. The number of ether oxygens (including phenoxy) is 2. The molecule has 2 aromatic carbocycles. The Hall–Kier alpha value is -1.33. The van der Waals surface area contributed by atoms with Crippen molar-refractivity contribution < 1.29 is 14.3 Å². The molecule has 1 N–H and O–H groups in total. The average Bonchev–Trinajstić information content (AvgIpc) is 2.46. The number of hydrogen-bond acceptors (Lipinski definition) is 3. The molecule has 0 atom stereocenters. The van der Waals surface area contributed by atoms with Gasteiger partial charge in [-0.1, -0.05) is 46.4 Å². The van der Waals surface area contributed by atoms with Crippen LogP contribution in [0, 0.1) is 0 Å². The minimum atomic E-state index is -0.395. The first-order chi connectivity index (χ1) is 10.9. The topological polar surface area (TPSA) is 47.6 Å². The van der Waals surface area contributed by atoms with Gasteiger partial charge in [-0.2, -0.15) is 0 Å². The molecule has 2 rings (SSSR count). The number of carbonyl (C=O) groups excluding carboxylic acids is 1. The summed E-state index contributed by atoms with van der Waals surface area (Å²) in [5.74, 6) is 0.314. The van der Waals surface area contributed by atoms with E-state index in [-0.39, 0.29) is 22.4 Å². The van der Waals surface area contributed by atoms with E-state index in [1.54, 1.807) is 18.2 Å². The fourth-order valence-electron chi connectivity index (χ4n) is 1.75. The van der Waals surface area contributed by atoms with Gasteiger partial charge >= 0.3 is 0 Å². The fraction of sp³-hybridized carbons (Fsp3) is 0.133. The van der Waals surface area contributed by atoms with E-state index in [2.05, 4.69) is 5.32 Å². The highest BCUT2D eigenvalue weighted by atomic mass is 35.5. The zero-order valence-electron chi connectivity index (χ0n) is 11.8. The Balaban J connectivity index is 1.99. The van der Waals surface area contributed by atoms with Crippen LogP contribution in [0.5, 0.6) is 11.5 Å². The van der Waals surface area contributed by atoms with Crippen LogP contribution in [0.25, 0.3) is 0 Å². The number of nitrogens with one attached hydrogen (secondary N) is 1. The van der Waals surface area contributed by atoms with Crippen molar-refractivity contribution in [3.05, 3.63) is 50.4 Å². The lowest BCUT2D eigenvalue weighted by molar-refractivity contribution is -0.118. The third-order valence-corrected chi connectivity index (χ3v) is 3.82. The predicted molar refractivity (Wildman–Crippen MR) is 93.6 cm³/mol. The third-order valence-electron chi connectivity index (χ3n) is 2.75. The number of benzene rings is 2. The lowest BCUT2D eigenvalue weighted by atomic mass is 10.3. The smallest absolute Gasteiger partial charge is 0.262 e. The van der Waals surface area contributed by atoms with Gasteiger partial charge in [0.1, 0.15) is 5.75 Å². The van der Waals surface area contributed by atoms with Crippen molar-refractivity contribution in [2.45, 2.75) is 0 Å². The van der Waals surface area contributed by atoms with Crippen molar-refractivity contribution in [1.82, 2.24) is 0 Å². The maximum Gasteiger partial charge on any atom is 0.262 e. The third kappa shape index (κ3) is 4.82. The van der Waals surface area contributed by atoms with Crippen molar-refractivity contribution in [3.8, 4) is 11.5 Å². The van der Waals surface area contributed by atoms with Crippen LogP contribution >= 0.6 is 46.4 Å². The molecule has 0 aliphatic carbocycles. The molecule has 0 aliphatic rings. The molecule has 2 aromatic rings. The van der Waals surface area contributed by atoms with E-state index in [9.17, 15) is 4.79 Å². The number of carbonyl (C=O) groups is 1. The molecular formula is C15H11Cl4NO3. The zero-order valence-corrected chi connectivity index (χ0v) is 14.9. The van der Waals surface area contributed by atoms with Crippen LogP contribution in [0.1, 0.15) is 0 Å². The molecule has 0 aliphatic heterocycles. The van der Waals surface area contributed by atoms with Crippen molar-refractivity contribution in [3.63, 3.8) is 0 Å². The molecule has 0 spiro atoms. The highest BCUT2D eigenvalue weighted by Gasteiger charge is 2.12. The highest BCUT2D eigenvalue weighted by molar-refractivity contribution is 6.40. The summed E-state index contributed by atoms with van der Waals surface area (Å²) < 4.78 is 10.4. The van der Waals surface area contributed by atoms with E-state index >= 15 is 0 Å². The largest absolute Gasteiger partial charge is 0.495 e. The SMILES string of the molecule is COc1ccc(NC(=O)COc2c(Cl)cc(Cl)cc2Cl)cc1Cl. The molecule has 1 amide bonds. The van der Waals surface area contributed by atoms with Crippen LogP contribution in [-0.2, 0) is 4.79 Å². The molecule has 0 bridgehead atoms. The first-order valence-corrected chi connectivity index (χ1v) is 7.82. The maximum absolute atomic E-state index is 11.9. The zero-order chi connectivity index (χ0) is 17.0. The van der Waals surface area contributed by atoms with Gasteiger partial charge in [0.15, 0.2) is 12.4 Å². The summed E-state index contributed by atoms with van der Waals surface area (Å²) >= 11 is 23.7. The Morgan fingerprint density at radius 2 is 1.70 bits per heavy atom. The maximum atomic E-state index is 11.9. The Kier molecular flexibility index (Phi) is 6.25. The molecular weight excluding hydrogens is 384 g/mol. The normalized spacial score (nSPS) is 10.3. The van der Waals surface area contributed by atoms with Gasteiger partial charge in [0.2, 0.25) is 0 Å². The molecule has 0 unspecified atom stereocenters. The molecule has 0 fully saturated rings. The first-order valence-electron chi connectivity index (χ1n) is 6.31. The number of methoxy groups -OCH3 is 1. The summed E-state index contributed by atoms with van der Waals surface area (Å²) in [6.45, 7) is -0.273. The average molecular weight is 395 g/mol. The van der Waals surface area contributed by atoms with Gasteiger partial charge in [-0.15, -0.1) is 0 Å². The van der Waals surface area contributed by atoms with Gasteiger partial charge in [0.25, 0.3) is 5.91 Å². The molecule has 8 heteroatoms. The van der Waals surface area contributed by atoms with Crippen LogP contribution in [-0.4, -0.2) is 19.6 Å². The minimum absolute atomic E-state index is 0.195. The van der Waals surface area contributed by atoms with E-state index in [4.69, 9.17) is 55.9 Å². The van der Waals surface area contributed by atoms with Gasteiger partial charge in [-0.05, 0) is 30.3 Å². The molecule has 122 valence electrons. The molecule has 0 saturated heterocycles. The molecule has 0 aromatic heterocycles. The van der Waals surface area contributed by atoms with Crippen molar-refractivity contribution >= 4 is 58.0 Å². The monoisotopic (exact) mass is 393 g/mol. The van der Waals surface area contributed by atoms with Gasteiger partial charge in [0.05, 0.1) is 22.2 Å². The lowest BCUT2D eigenvalue weighted by Crippen LogP contribution is -2.20. The molecule has 0 saturated carbocycles. The highest BCUT2D eigenvalue weighted by Crippen LogP contribution is 2.35. The first kappa shape index (κ1) is 18.0. The Morgan fingerprint density at radius 3 is 2.26 bits per heavy atom. The Bertz CT molecular complexity index is 714. The molecule has 4 nitrogen and oxygen atoms in total. The Labute approximate surface area is 153 Å². The molecule has 0 heterocycles. The molecule has 23 heavy (non-hydrogen) atoms. The van der Waals surface area contributed by atoms with Crippen LogP contribution in [0.4, 0.5) is 5.69 Å². The van der Waals surface area contributed by atoms with E-state index in [0.29, 0.717) is 21.5 Å². The lowest BCUT2D eigenvalue weighted by Gasteiger charge is -2.11. The standard InChI is InChI=1S/C15H11Cl4NO3/c1-22-13-3-2-9(6-10(13)17)20-14(21)7-23-15-11(18)4-8(16)5-12(15)19/h2-6H,7H2,1H3,(H,20,21). The van der Waals surface area contributed by atoms with E-state index in [0.717, 1.165) is 0 Å². The van der Waals surface area contributed by atoms with Crippen LogP contribution in [0.2, 0.25) is 20.1 Å². The predicted octanol–water partition coefficient (Wildman–Crippen LogP) is 5.33. The van der Waals surface area contributed by atoms with Crippen molar-refractivity contribution in [2.24, 2.45) is 0 Å². The van der Waals surface area contributed by atoms with E-state index < -0.39 is 5.91 Å².